The summed E-state index contributed by atoms with van der Waals surface area (Å²) in [4.78, 5) is 29.5. The molecule has 2 amide bonds. The van der Waals surface area contributed by atoms with Gasteiger partial charge in [0.25, 0.3) is 5.91 Å². The van der Waals surface area contributed by atoms with Crippen molar-refractivity contribution in [3.63, 3.8) is 0 Å². The SMILES string of the molecule is Cc1cc(NC(=O)C2CC2)sc1C(=O)Nc1cccc2ncccc12. The van der Waals surface area contributed by atoms with Crippen molar-refractivity contribution < 1.29 is 9.59 Å². The van der Waals surface area contributed by atoms with Crippen LogP contribution < -0.4 is 10.6 Å². The molecule has 1 aliphatic carbocycles. The summed E-state index contributed by atoms with van der Waals surface area (Å²) >= 11 is 1.31. The standard InChI is InChI=1S/C19H17N3O2S/c1-11-10-16(22-18(23)12-7-8-12)25-17(11)19(24)21-15-6-2-5-14-13(15)4-3-9-20-14/h2-6,9-10,12H,7-8H2,1H3,(H,21,24)(H,22,23). The second kappa shape index (κ2) is 6.29. The van der Waals surface area contributed by atoms with Crippen LogP contribution in [0.4, 0.5) is 10.7 Å². The first-order chi connectivity index (χ1) is 12.1. The summed E-state index contributed by atoms with van der Waals surface area (Å²) in [6.45, 7) is 1.88. The van der Waals surface area contributed by atoms with Crippen molar-refractivity contribution in [2.24, 2.45) is 5.92 Å². The van der Waals surface area contributed by atoms with Crippen LogP contribution in [0.15, 0.2) is 42.6 Å². The minimum atomic E-state index is -0.175. The number of fused-ring (bicyclic) bond motifs is 1. The molecule has 1 aliphatic rings. The summed E-state index contributed by atoms with van der Waals surface area (Å²) in [5, 5.41) is 7.49. The second-order valence-corrected chi connectivity index (χ2v) is 7.27. The molecule has 1 fully saturated rings. The molecule has 6 heteroatoms. The Bertz CT molecular complexity index is 970. The molecule has 2 N–H and O–H groups in total. The van der Waals surface area contributed by atoms with Crippen LogP contribution in [-0.2, 0) is 4.79 Å². The number of nitrogens with one attached hydrogen (secondary N) is 2. The fourth-order valence-corrected chi connectivity index (χ4v) is 3.70. The minimum absolute atomic E-state index is 0.0494. The molecule has 0 radical (unpaired) electrons. The van der Waals surface area contributed by atoms with Crippen molar-refractivity contribution in [1.29, 1.82) is 0 Å². The van der Waals surface area contributed by atoms with Gasteiger partial charge in [-0.25, -0.2) is 0 Å². The van der Waals surface area contributed by atoms with Gasteiger partial charge in [-0.1, -0.05) is 6.07 Å². The number of carbonyl (C=O) groups is 2. The zero-order chi connectivity index (χ0) is 17.4. The third-order valence-corrected chi connectivity index (χ3v) is 5.36. The van der Waals surface area contributed by atoms with Gasteiger partial charge in [0, 0.05) is 17.5 Å². The van der Waals surface area contributed by atoms with Gasteiger partial charge < -0.3 is 10.6 Å². The van der Waals surface area contributed by atoms with Crippen molar-refractivity contribution in [1.82, 2.24) is 4.98 Å². The van der Waals surface area contributed by atoms with E-state index in [2.05, 4.69) is 15.6 Å². The lowest BCUT2D eigenvalue weighted by molar-refractivity contribution is -0.117. The van der Waals surface area contributed by atoms with Crippen LogP contribution in [0.25, 0.3) is 10.9 Å². The fourth-order valence-electron chi connectivity index (χ4n) is 2.73. The van der Waals surface area contributed by atoms with E-state index in [9.17, 15) is 9.59 Å². The maximum absolute atomic E-state index is 12.7. The summed E-state index contributed by atoms with van der Waals surface area (Å²) in [5.41, 5.74) is 2.42. The van der Waals surface area contributed by atoms with Gasteiger partial charge in [0.2, 0.25) is 5.91 Å². The largest absolute Gasteiger partial charge is 0.321 e. The van der Waals surface area contributed by atoms with Crippen LogP contribution in [0.3, 0.4) is 0 Å². The summed E-state index contributed by atoms with van der Waals surface area (Å²) in [6.07, 6.45) is 3.64. The van der Waals surface area contributed by atoms with E-state index in [1.54, 1.807) is 6.20 Å². The number of nitrogens with zero attached hydrogens (tertiary/aromatic N) is 1. The van der Waals surface area contributed by atoms with Gasteiger partial charge in [0.1, 0.15) is 0 Å². The number of aryl methyl sites for hydroxylation is 1. The Hall–Kier alpha value is -2.73. The first-order valence-corrected chi connectivity index (χ1v) is 9.00. The monoisotopic (exact) mass is 351 g/mol. The molecule has 2 aromatic heterocycles. The number of rotatable bonds is 4. The summed E-state index contributed by atoms with van der Waals surface area (Å²) < 4.78 is 0. The molecule has 1 aromatic carbocycles. The first kappa shape index (κ1) is 15.8. The van der Waals surface area contributed by atoms with Crippen molar-refractivity contribution in [2.45, 2.75) is 19.8 Å². The molecule has 0 aliphatic heterocycles. The lowest BCUT2D eigenvalue weighted by atomic mass is 10.1. The lowest BCUT2D eigenvalue weighted by Gasteiger charge is -2.07. The van der Waals surface area contributed by atoms with E-state index in [4.69, 9.17) is 0 Å². The van der Waals surface area contributed by atoms with E-state index in [1.807, 2.05) is 43.3 Å². The highest BCUT2D eigenvalue weighted by molar-refractivity contribution is 7.18. The Kier molecular flexibility index (Phi) is 3.97. The highest BCUT2D eigenvalue weighted by atomic mass is 32.1. The van der Waals surface area contributed by atoms with Gasteiger partial charge >= 0.3 is 0 Å². The second-order valence-electron chi connectivity index (χ2n) is 6.22. The molecular weight excluding hydrogens is 334 g/mol. The molecule has 4 rings (SSSR count). The molecule has 0 unspecified atom stereocenters. The predicted octanol–water partition coefficient (Wildman–Crippen LogP) is 4.21. The zero-order valence-corrected chi connectivity index (χ0v) is 14.5. The number of hydrogen-bond acceptors (Lipinski definition) is 4. The van der Waals surface area contributed by atoms with Crippen LogP contribution in [-0.4, -0.2) is 16.8 Å². The Balaban J connectivity index is 1.56. The molecule has 1 saturated carbocycles. The van der Waals surface area contributed by atoms with Crippen LogP contribution in [0.1, 0.15) is 28.1 Å². The Morgan fingerprint density at radius 1 is 1.16 bits per heavy atom. The number of pyridine rings is 1. The normalized spacial score (nSPS) is 13.6. The first-order valence-electron chi connectivity index (χ1n) is 8.18. The summed E-state index contributed by atoms with van der Waals surface area (Å²) in [6, 6.07) is 11.3. The number of benzene rings is 1. The number of anilines is 2. The van der Waals surface area contributed by atoms with Crippen LogP contribution >= 0.6 is 11.3 Å². The van der Waals surface area contributed by atoms with E-state index >= 15 is 0 Å². The smallest absolute Gasteiger partial charge is 0.266 e. The van der Waals surface area contributed by atoms with Gasteiger partial charge in [-0.3, -0.25) is 14.6 Å². The molecule has 0 atom stereocenters. The molecule has 2 heterocycles. The maximum Gasteiger partial charge on any atom is 0.266 e. The maximum atomic E-state index is 12.7. The van der Waals surface area contributed by atoms with Crippen molar-refractivity contribution in [3.05, 3.63) is 53.0 Å². The van der Waals surface area contributed by atoms with Crippen molar-refractivity contribution in [3.8, 4) is 0 Å². The molecule has 5 nitrogen and oxygen atoms in total. The van der Waals surface area contributed by atoms with Crippen LogP contribution in [0.2, 0.25) is 0 Å². The molecule has 126 valence electrons. The van der Waals surface area contributed by atoms with Gasteiger partial charge in [0.05, 0.1) is 21.1 Å². The molecule has 25 heavy (non-hydrogen) atoms. The van der Waals surface area contributed by atoms with E-state index in [0.717, 1.165) is 40.0 Å². The minimum Gasteiger partial charge on any atom is -0.321 e. The van der Waals surface area contributed by atoms with Crippen molar-refractivity contribution >= 4 is 44.7 Å². The quantitative estimate of drug-likeness (QED) is 0.740. The predicted molar refractivity (Wildman–Crippen MR) is 100 cm³/mol. The van der Waals surface area contributed by atoms with E-state index in [0.29, 0.717) is 4.88 Å². The van der Waals surface area contributed by atoms with Gasteiger partial charge in [-0.05, 0) is 55.7 Å². The van der Waals surface area contributed by atoms with Gasteiger partial charge in [-0.2, -0.15) is 0 Å². The average Bonchev–Trinajstić information content (AvgIpc) is 3.39. The lowest BCUT2D eigenvalue weighted by Crippen LogP contribution is -2.12. The number of aromatic nitrogens is 1. The third-order valence-electron chi connectivity index (χ3n) is 4.21. The van der Waals surface area contributed by atoms with E-state index < -0.39 is 0 Å². The molecule has 0 spiro atoms. The Morgan fingerprint density at radius 3 is 2.80 bits per heavy atom. The highest BCUT2D eigenvalue weighted by Crippen LogP contribution is 2.33. The molecular formula is C19H17N3O2S. The van der Waals surface area contributed by atoms with Crippen LogP contribution in [0.5, 0.6) is 0 Å². The van der Waals surface area contributed by atoms with Gasteiger partial charge in [0.15, 0.2) is 0 Å². The Morgan fingerprint density at radius 2 is 2.00 bits per heavy atom. The number of hydrogen-bond donors (Lipinski definition) is 2. The highest BCUT2D eigenvalue weighted by Gasteiger charge is 2.30. The van der Waals surface area contributed by atoms with Gasteiger partial charge in [-0.15, -0.1) is 11.3 Å². The number of thiophene rings is 1. The molecule has 0 saturated heterocycles. The van der Waals surface area contributed by atoms with E-state index in [1.165, 1.54) is 11.3 Å². The third kappa shape index (κ3) is 3.25. The summed E-state index contributed by atoms with van der Waals surface area (Å²) in [5.74, 6) is 0.0157. The van der Waals surface area contributed by atoms with Crippen LogP contribution in [0, 0.1) is 12.8 Å². The average molecular weight is 351 g/mol. The van der Waals surface area contributed by atoms with E-state index in [-0.39, 0.29) is 17.7 Å². The molecule has 3 aromatic rings. The fraction of sp³-hybridized carbons (Fsp3) is 0.211. The zero-order valence-electron chi connectivity index (χ0n) is 13.7. The Labute approximate surface area is 149 Å². The molecule has 0 bridgehead atoms. The number of carbonyl (C=O) groups excluding carboxylic acids is 2. The summed E-state index contributed by atoms with van der Waals surface area (Å²) in [7, 11) is 0. The number of amides is 2. The topological polar surface area (TPSA) is 71.1 Å². The van der Waals surface area contributed by atoms with Crippen molar-refractivity contribution in [2.75, 3.05) is 10.6 Å².